The number of benzene rings is 2. The van der Waals surface area contributed by atoms with Crippen molar-refractivity contribution >= 4 is 28.2 Å². The van der Waals surface area contributed by atoms with E-state index in [2.05, 4.69) is 19.9 Å². The minimum Gasteiger partial charge on any atom is -0.340 e. The van der Waals surface area contributed by atoms with Crippen LogP contribution in [0.3, 0.4) is 0 Å². The molecule has 0 atom stereocenters. The number of aromatic nitrogens is 3. The number of pyridine rings is 1. The first-order valence-electron chi connectivity index (χ1n) is 7.35. The smallest absolute Gasteiger partial charge is 0.257 e. The number of H-pyrrole nitrogens is 2. The Hall–Kier alpha value is -3.21. The Morgan fingerprint density at radius 2 is 1.78 bits per heavy atom. The first-order chi connectivity index (χ1) is 11.3. The molecule has 4 rings (SSSR count). The fourth-order valence-electron chi connectivity index (χ4n) is 2.57. The fourth-order valence-corrected chi connectivity index (χ4v) is 2.57. The summed E-state index contributed by atoms with van der Waals surface area (Å²) in [6, 6.07) is 17.4. The molecule has 5 nitrogen and oxygen atoms in total. The van der Waals surface area contributed by atoms with Gasteiger partial charge in [0.15, 0.2) is 0 Å². The molecule has 2 N–H and O–H groups in total. The van der Waals surface area contributed by atoms with E-state index in [1.807, 2.05) is 54.6 Å². The van der Waals surface area contributed by atoms with Crippen molar-refractivity contribution in [3.63, 3.8) is 0 Å². The zero-order valence-corrected chi connectivity index (χ0v) is 12.3. The summed E-state index contributed by atoms with van der Waals surface area (Å²) in [6.07, 6.45) is 1.60. The van der Waals surface area contributed by atoms with Crippen molar-refractivity contribution in [3.8, 4) is 0 Å². The van der Waals surface area contributed by atoms with Gasteiger partial charge in [0.1, 0.15) is 5.82 Å². The number of imidazole rings is 1. The standard InChI is InChI=1S/C18H14N4O/c23-18-13(9-12-5-1-2-6-14(12)22-18)10-19-11-17-20-15-7-3-4-8-16(15)21-17/h1-10H,11H2,(H,20,21)(H,22,23). The summed E-state index contributed by atoms with van der Waals surface area (Å²) in [5, 5.41) is 0.984. The molecule has 112 valence electrons. The Kier molecular flexibility index (Phi) is 3.24. The van der Waals surface area contributed by atoms with Gasteiger partial charge in [-0.15, -0.1) is 0 Å². The molecular weight excluding hydrogens is 288 g/mol. The number of nitrogens with one attached hydrogen (secondary N) is 2. The van der Waals surface area contributed by atoms with E-state index in [0.717, 1.165) is 27.8 Å². The molecule has 0 fully saturated rings. The average Bonchev–Trinajstić information content (AvgIpc) is 2.98. The Labute approximate surface area is 131 Å². The molecule has 0 aliphatic rings. The average molecular weight is 302 g/mol. The van der Waals surface area contributed by atoms with E-state index < -0.39 is 0 Å². The van der Waals surface area contributed by atoms with Gasteiger partial charge < -0.3 is 9.97 Å². The third-order valence-electron chi connectivity index (χ3n) is 3.69. The number of hydrogen-bond acceptors (Lipinski definition) is 3. The van der Waals surface area contributed by atoms with Crippen LogP contribution >= 0.6 is 0 Å². The summed E-state index contributed by atoms with van der Waals surface area (Å²) in [4.78, 5) is 26.9. The second-order valence-corrected chi connectivity index (χ2v) is 5.31. The maximum Gasteiger partial charge on any atom is 0.257 e. The molecule has 2 aromatic heterocycles. The van der Waals surface area contributed by atoms with Crippen LogP contribution in [-0.4, -0.2) is 21.2 Å². The van der Waals surface area contributed by atoms with Gasteiger partial charge in [-0.05, 0) is 29.7 Å². The Bertz CT molecular complexity index is 1040. The minimum absolute atomic E-state index is 0.142. The summed E-state index contributed by atoms with van der Waals surface area (Å²) in [6.45, 7) is 0.404. The van der Waals surface area contributed by atoms with E-state index in [0.29, 0.717) is 12.1 Å². The highest BCUT2D eigenvalue weighted by Gasteiger charge is 2.02. The first-order valence-corrected chi connectivity index (χ1v) is 7.35. The molecule has 0 saturated heterocycles. The number of para-hydroxylation sites is 3. The monoisotopic (exact) mass is 302 g/mol. The van der Waals surface area contributed by atoms with E-state index in [1.165, 1.54) is 0 Å². The van der Waals surface area contributed by atoms with Gasteiger partial charge in [0.2, 0.25) is 0 Å². The molecule has 0 amide bonds. The molecule has 0 radical (unpaired) electrons. The number of aromatic amines is 2. The fraction of sp³-hybridized carbons (Fsp3) is 0.0556. The van der Waals surface area contributed by atoms with Crippen LogP contribution in [0.5, 0.6) is 0 Å². The lowest BCUT2D eigenvalue weighted by Gasteiger charge is -1.98. The van der Waals surface area contributed by atoms with Gasteiger partial charge in [-0.2, -0.15) is 0 Å². The van der Waals surface area contributed by atoms with Gasteiger partial charge in [0.05, 0.1) is 23.1 Å². The molecule has 0 saturated carbocycles. The van der Waals surface area contributed by atoms with Crippen molar-refractivity contribution in [3.05, 3.63) is 76.3 Å². The number of fused-ring (bicyclic) bond motifs is 2. The predicted octanol–water partition coefficient (Wildman–Crippen LogP) is 3.02. The van der Waals surface area contributed by atoms with Gasteiger partial charge in [0, 0.05) is 11.7 Å². The normalized spacial score (nSPS) is 11.7. The zero-order valence-electron chi connectivity index (χ0n) is 12.3. The van der Waals surface area contributed by atoms with Crippen LogP contribution in [0.2, 0.25) is 0 Å². The number of aliphatic imine (C=N–C) groups is 1. The van der Waals surface area contributed by atoms with Crippen molar-refractivity contribution in [1.82, 2.24) is 15.0 Å². The third kappa shape index (κ3) is 2.64. The largest absolute Gasteiger partial charge is 0.340 e. The molecule has 0 aliphatic carbocycles. The summed E-state index contributed by atoms with van der Waals surface area (Å²) in [7, 11) is 0. The SMILES string of the molecule is O=c1[nH]c2ccccc2cc1C=NCc1nc2ccccc2[nH]1. The number of nitrogens with zero attached hydrogens (tertiary/aromatic N) is 2. The molecule has 2 heterocycles. The topological polar surface area (TPSA) is 73.9 Å². The molecular formula is C18H14N4O. The summed E-state index contributed by atoms with van der Waals surface area (Å²) in [5.41, 5.74) is 3.13. The second kappa shape index (κ2) is 5.53. The van der Waals surface area contributed by atoms with Crippen LogP contribution in [-0.2, 0) is 6.54 Å². The summed E-state index contributed by atoms with van der Waals surface area (Å²) < 4.78 is 0. The lowest BCUT2D eigenvalue weighted by Crippen LogP contribution is -2.11. The van der Waals surface area contributed by atoms with Crippen LogP contribution in [0.25, 0.3) is 21.9 Å². The van der Waals surface area contributed by atoms with E-state index >= 15 is 0 Å². The molecule has 5 heteroatoms. The van der Waals surface area contributed by atoms with Gasteiger partial charge in [-0.25, -0.2) is 4.98 Å². The zero-order chi connectivity index (χ0) is 15.6. The highest BCUT2D eigenvalue weighted by molar-refractivity contribution is 5.87. The molecule has 4 aromatic rings. The highest BCUT2D eigenvalue weighted by atomic mass is 16.1. The quantitative estimate of drug-likeness (QED) is 0.571. The molecule has 0 unspecified atom stereocenters. The molecule has 0 aliphatic heterocycles. The summed E-state index contributed by atoms with van der Waals surface area (Å²) >= 11 is 0. The van der Waals surface area contributed by atoms with Crippen molar-refractivity contribution in [1.29, 1.82) is 0 Å². The van der Waals surface area contributed by atoms with Crippen LogP contribution in [0, 0.1) is 0 Å². The Balaban J connectivity index is 1.61. The van der Waals surface area contributed by atoms with Crippen LogP contribution < -0.4 is 5.56 Å². The number of hydrogen-bond donors (Lipinski definition) is 2. The maximum atomic E-state index is 12.0. The predicted molar refractivity (Wildman–Crippen MR) is 92.0 cm³/mol. The maximum absolute atomic E-state index is 12.0. The molecule has 23 heavy (non-hydrogen) atoms. The number of rotatable bonds is 3. The van der Waals surface area contributed by atoms with Crippen LogP contribution in [0.1, 0.15) is 11.4 Å². The lowest BCUT2D eigenvalue weighted by atomic mass is 10.2. The lowest BCUT2D eigenvalue weighted by molar-refractivity contribution is 0.963. The van der Waals surface area contributed by atoms with E-state index in [1.54, 1.807) is 6.21 Å². The summed E-state index contributed by atoms with van der Waals surface area (Å²) in [5.74, 6) is 0.777. The van der Waals surface area contributed by atoms with E-state index in [9.17, 15) is 4.79 Å². The third-order valence-corrected chi connectivity index (χ3v) is 3.69. The van der Waals surface area contributed by atoms with Crippen molar-refractivity contribution in [2.24, 2.45) is 4.99 Å². The van der Waals surface area contributed by atoms with Gasteiger partial charge in [0.25, 0.3) is 5.56 Å². The van der Waals surface area contributed by atoms with Crippen molar-refractivity contribution in [2.45, 2.75) is 6.54 Å². The Morgan fingerprint density at radius 3 is 2.65 bits per heavy atom. The van der Waals surface area contributed by atoms with Crippen LogP contribution in [0.4, 0.5) is 0 Å². The molecule has 2 aromatic carbocycles. The molecule has 0 spiro atoms. The van der Waals surface area contributed by atoms with Crippen molar-refractivity contribution in [2.75, 3.05) is 0 Å². The first kappa shape index (κ1) is 13.5. The van der Waals surface area contributed by atoms with Crippen LogP contribution in [0.15, 0.2) is 64.4 Å². The Morgan fingerprint density at radius 1 is 1.00 bits per heavy atom. The van der Waals surface area contributed by atoms with Crippen molar-refractivity contribution < 1.29 is 0 Å². The minimum atomic E-state index is -0.142. The second-order valence-electron chi connectivity index (χ2n) is 5.31. The van der Waals surface area contributed by atoms with E-state index in [-0.39, 0.29) is 5.56 Å². The van der Waals surface area contributed by atoms with Gasteiger partial charge in [-0.3, -0.25) is 9.79 Å². The molecule has 0 bridgehead atoms. The van der Waals surface area contributed by atoms with E-state index in [4.69, 9.17) is 0 Å². The van der Waals surface area contributed by atoms with Gasteiger partial charge in [-0.1, -0.05) is 30.3 Å². The van der Waals surface area contributed by atoms with Gasteiger partial charge >= 0.3 is 0 Å². The highest BCUT2D eigenvalue weighted by Crippen LogP contribution is 2.11.